The number of unbranched alkanes of at least 4 members (excludes halogenated alkanes) is 4. The fourth-order valence-corrected chi connectivity index (χ4v) is 4.65. The molecule has 2 nitrogen and oxygen atoms in total. The average Bonchev–Trinajstić information content (AvgIpc) is 2.16. The zero-order valence-electron chi connectivity index (χ0n) is 8.13. The van der Waals surface area contributed by atoms with Gasteiger partial charge in [0.2, 0.25) is 0 Å². The van der Waals surface area contributed by atoms with Gasteiger partial charge in [0.1, 0.15) is 0 Å². The molecule has 0 aliphatic carbocycles. The summed E-state index contributed by atoms with van der Waals surface area (Å²) >= 11 is -0.128. The van der Waals surface area contributed by atoms with E-state index in [0.717, 1.165) is 38.3 Å². The van der Waals surface area contributed by atoms with Crippen LogP contribution in [0.5, 0.6) is 0 Å². The molecule has 0 amide bonds. The number of rotatable bonds is 10. The van der Waals surface area contributed by atoms with Crippen molar-refractivity contribution in [3.8, 4) is 0 Å². The summed E-state index contributed by atoms with van der Waals surface area (Å²) in [5.41, 5.74) is 0. The molecule has 0 rings (SSSR count). The van der Waals surface area contributed by atoms with Crippen LogP contribution in [0.25, 0.3) is 0 Å². The molecule has 0 heterocycles. The van der Waals surface area contributed by atoms with Crippen LogP contribution in [0, 0.1) is 0 Å². The van der Waals surface area contributed by atoms with Crippen molar-refractivity contribution in [3.05, 3.63) is 0 Å². The van der Waals surface area contributed by atoms with Crippen LogP contribution in [0.3, 0.4) is 0 Å². The molecule has 0 unspecified atom stereocenters. The van der Waals surface area contributed by atoms with E-state index in [1.165, 1.54) is 21.7 Å². The predicted molar refractivity (Wildman–Crippen MR) is 55.2 cm³/mol. The molecule has 3 heteroatoms. The Bertz CT molecular complexity index is 112. The fraction of sp³-hybridized carbons (Fsp3) is 0.800. The molecule has 0 saturated heterocycles. The van der Waals surface area contributed by atoms with Crippen LogP contribution in [0.1, 0.15) is 38.5 Å². The SMILES string of the molecule is O=CCCC[CH2][Sn][CH2]CCCC=O. The standard InChI is InChI=1S/2C5H9O.Sn/c2*1-2-3-4-5-6;/h2*5H,1-4H2;. The van der Waals surface area contributed by atoms with Crippen molar-refractivity contribution in [2.75, 3.05) is 0 Å². The quantitative estimate of drug-likeness (QED) is 0.351. The molecule has 0 fully saturated rings. The summed E-state index contributed by atoms with van der Waals surface area (Å²) < 4.78 is 2.80. The number of hydrogen-bond acceptors (Lipinski definition) is 2. The zero-order chi connectivity index (χ0) is 9.78. The predicted octanol–water partition coefficient (Wildman–Crippen LogP) is 2.27. The van der Waals surface area contributed by atoms with E-state index in [4.69, 9.17) is 0 Å². The first-order chi connectivity index (χ1) is 6.41. The van der Waals surface area contributed by atoms with Gasteiger partial charge in [0, 0.05) is 0 Å². The summed E-state index contributed by atoms with van der Waals surface area (Å²) in [4.78, 5) is 20.0. The van der Waals surface area contributed by atoms with Gasteiger partial charge in [0.05, 0.1) is 0 Å². The monoisotopic (exact) mass is 290 g/mol. The van der Waals surface area contributed by atoms with E-state index in [-0.39, 0.29) is 21.1 Å². The number of aldehydes is 2. The second-order valence-corrected chi connectivity index (χ2v) is 7.36. The molecular formula is C10H18O2Sn. The third-order valence-electron chi connectivity index (χ3n) is 1.85. The number of hydrogen-bond donors (Lipinski definition) is 0. The molecular weight excluding hydrogens is 271 g/mol. The topological polar surface area (TPSA) is 34.1 Å². The minimum atomic E-state index is -0.128. The maximum absolute atomic E-state index is 9.99. The van der Waals surface area contributed by atoms with Crippen molar-refractivity contribution in [1.29, 1.82) is 0 Å². The van der Waals surface area contributed by atoms with E-state index in [9.17, 15) is 9.59 Å². The average molecular weight is 289 g/mol. The molecule has 13 heavy (non-hydrogen) atoms. The van der Waals surface area contributed by atoms with Crippen molar-refractivity contribution in [3.63, 3.8) is 0 Å². The molecule has 74 valence electrons. The number of carbonyl (C=O) groups excluding carboxylic acids is 2. The maximum atomic E-state index is 9.99. The summed E-state index contributed by atoms with van der Waals surface area (Å²) in [6.07, 6.45) is 8.16. The minimum absolute atomic E-state index is 0.128. The fourth-order valence-electron chi connectivity index (χ4n) is 1.08. The molecule has 0 atom stereocenters. The second-order valence-electron chi connectivity index (χ2n) is 3.07. The third-order valence-corrected chi connectivity index (χ3v) is 5.89. The Morgan fingerprint density at radius 2 is 1.23 bits per heavy atom. The number of carbonyl (C=O) groups is 2. The van der Waals surface area contributed by atoms with Gasteiger partial charge < -0.3 is 0 Å². The Morgan fingerprint density at radius 3 is 1.62 bits per heavy atom. The Hall–Kier alpha value is 0.139. The van der Waals surface area contributed by atoms with Gasteiger partial charge in [-0.25, -0.2) is 0 Å². The van der Waals surface area contributed by atoms with Gasteiger partial charge in [0.15, 0.2) is 0 Å². The van der Waals surface area contributed by atoms with Crippen molar-refractivity contribution >= 4 is 33.7 Å². The summed E-state index contributed by atoms with van der Waals surface area (Å²) in [5, 5.41) is 0. The van der Waals surface area contributed by atoms with Crippen LogP contribution < -0.4 is 0 Å². The normalized spacial score (nSPS) is 9.85. The summed E-state index contributed by atoms with van der Waals surface area (Å²) in [7, 11) is 0. The first-order valence-electron chi connectivity index (χ1n) is 5.00. The third kappa shape index (κ3) is 12.1. The van der Waals surface area contributed by atoms with E-state index in [0.29, 0.717) is 0 Å². The van der Waals surface area contributed by atoms with Crippen LogP contribution in [0.15, 0.2) is 0 Å². The van der Waals surface area contributed by atoms with Crippen LogP contribution in [-0.2, 0) is 9.59 Å². The molecule has 0 aromatic carbocycles. The first-order valence-corrected chi connectivity index (χ1v) is 9.03. The van der Waals surface area contributed by atoms with Crippen molar-refractivity contribution < 1.29 is 9.59 Å². The van der Waals surface area contributed by atoms with Gasteiger partial charge in [-0.15, -0.1) is 0 Å². The Balaban J connectivity index is 2.83. The van der Waals surface area contributed by atoms with Crippen LogP contribution in [0.4, 0.5) is 0 Å². The van der Waals surface area contributed by atoms with Crippen molar-refractivity contribution in [2.24, 2.45) is 0 Å². The summed E-state index contributed by atoms with van der Waals surface area (Å²) in [5.74, 6) is 0. The van der Waals surface area contributed by atoms with E-state index < -0.39 is 0 Å². The van der Waals surface area contributed by atoms with E-state index >= 15 is 0 Å². The van der Waals surface area contributed by atoms with Crippen molar-refractivity contribution in [2.45, 2.75) is 47.4 Å². The molecule has 0 spiro atoms. The molecule has 2 radical (unpaired) electrons. The first kappa shape index (κ1) is 13.1. The van der Waals surface area contributed by atoms with Crippen LogP contribution in [0.2, 0.25) is 8.87 Å². The van der Waals surface area contributed by atoms with Gasteiger partial charge in [-0.05, 0) is 0 Å². The van der Waals surface area contributed by atoms with Gasteiger partial charge in [0.25, 0.3) is 0 Å². The van der Waals surface area contributed by atoms with E-state index in [2.05, 4.69) is 0 Å². The molecule has 0 aliphatic heterocycles. The zero-order valence-corrected chi connectivity index (χ0v) is 11.0. The van der Waals surface area contributed by atoms with Crippen LogP contribution >= 0.6 is 0 Å². The van der Waals surface area contributed by atoms with Crippen molar-refractivity contribution in [1.82, 2.24) is 0 Å². The molecule has 0 N–H and O–H groups in total. The Morgan fingerprint density at radius 1 is 0.769 bits per heavy atom. The molecule has 0 aromatic heterocycles. The molecule has 0 aromatic rings. The van der Waals surface area contributed by atoms with Gasteiger partial charge in [-0.1, -0.05) is 0 Å². The Labute approximate surface area is 90.7 Å². The van der Waals surface area contributed by atoms with Gasteiger partial charge in [-0.2, -0.15) is 0 Å². The summed E-state index contributed by atoms with van der Waals surface area (Å²) in [6, 6.07) is 0. The summed E-state index contributed by atoms with van der Waals surface area (Å²) in [6.45, 7) is 0. The molecule has 0 bridgehead atoms. The van der Waals surface area contributed by atoms with Gasteiger partial charge >= 0.3 is 90.7 Å². The Kier molecular flexibility index (Phi) is 12.3. The second kappa shape index (κ2) is 12.1. The van der Waals surface area contributed by atoms with E-state index in [1.807, 2.05) is 0 Å². The molecule has 0 saturated carbocycles. The van der Waals surface area contributed by atoms with Gasteiger partial charge in [-0.3, -0.25) is 0 Å². The van der Waals surface area contributed by atoms with E-state index in [1.54, 1.807) is 0 Å². The molecule has 0 aliphatic rings. The van der Waals surface area contributed by atoms with Crippen LogP contribution in [-0.4, -0.2) is 33.7 Å².